The molecule has 33 heavy (non-hydrogen) atoms. The number of aromatic hydroxyl groups is 1. The molecule has 0 aliphatic heterocycles. The first kappa shape index (κ1) is 22.1. The number of benzene rings is 3. The Labute approximate surface area is 192 Å². The van der Waals surface area contributed by atoms with Crippen molar-refractivity contribution in [2.75, 3.05) is 28.4 Å². The van der Waals surface area contributed by atoms with Crippen LogP contribution in [-0.4, -0.2) is 43.1 Å². The Balaban J connectivity index is 1.97. The van der Waals surface area contributed by atoms with E-state index in [-0.39, 0.29) is 5.75 Å². The summed E-state index contributed by atoms with van der Waals surface area (Å²) < 4.78 is 23.4. The molecule has 1 aromatic heterocycles. The second-order valence-electron chi connectivity index (χ2n) is 7.37. The van der Waals surface area contributed by atoms with Crippen molar-refractivity contribution in [3.05, 3.63) is 60.7 Å². The lowest BCUT2D eigenvalue weighted by Crippen LogP contribution is -1.98. The maximum absolute atomic E-state index is 10.9. The molecule has 0 fully saturated rings. The topological polar surface area (TPSA) is 75.0 Å². The molecule has 0 aliphatic rings. The summed E-state index contributed by atoms with van der Waals surface area (Å²) >= 11 is 0. The molecule has 1 heterocycles. The lowest BCUT2D eigenvalue weighted by Gasteiger charge is -2.12. The van der Waals surface area contributed by atoms with E-state index in [0.29, 0.717) is 22.9 Å². The number of phenols is 1. The van der Waals surface area contributed by atoms with Gasteiger partial charge in [-0.1, -0.05) is 0 Å². The highest BCUT2D eigenvalue weighted by Crippen LogP contribution is 2.43. The third-order valence-electron chi connectivity index (χ3n) is 5.57. The number of imidazole rings is 1. The number of hydrogen-bond donors (Lipinski definition) is 1. The lowest BCUT2D eigenvalue weighted by atomic mass is 10.0. The van der Waals surface area contributed by atoms with Crippen molar-refractivity contribution in [1.82, 2.24) is 9.55 Å². The zero-order valence-corrected chi connectivity index (χ0v) is 19.2. The number of ether oxygens (including phenoxy) is 4. The summed E-state index contributed by atoms with van der Waals surface area (Å²) in [4.78, 5) is 4.96. The molecule has 3 aromatic carbocycles. The third-order valence-corrected chi connectivity index (χ3v) is 5.57. The van der Waals surface area contributed by atoms with Gasteiger partial charge in [-0.25, -0.2) is 4.98 Å². The van der Waals surface area contributed by atoms with E-state index in [1.807, 2.05) is 60.1 Å². The van der Waals surface area contributed by atoms with Crippen LogP contribution >= 0.6 is 0 Å². The summed E-state index contributed by atoms with van der Waals surface area (Å²) in [5.41, 5.74) is 4.03. The molecule has 0 saturated heterocycles. The van der Waals surface area contributed by atoms with Crippen LogP contribution in [0.3, 0.4) is 0 Å². The molecular formula is C26H26N2O5. The van der Waals surface area contributed by atoms with Crippen LogP contribution in [0.15, 0.2) is 60.7 Å². The molecule has 0 bridgehead atoms. The Kier molecular flexibility index (Phi) is 6.13. The molecular weight excluding hydrogens is 420 g/mol. The van der Waals surface area contributed by atoms with Crippen LogP contribution < -0.4 is 18.9 Å². The summed E-state index contributed by atoms with van der Waals surface area (Å²) in [6.45, 7) is 0. The number of hydrogen-bond acceptors (Lipinski definition) is 6. The third kappa shape index (κ3) is 4.05. The molecule has 0 aliphatic carbocycles. The number of phenolic OH excluding ortho intramolecular Hbond substituents is 1. The number of aromatic nitrogens is 2. The smallest absolute Gasteiger partial charge is 0.169 e. The summed E-state index contributed by atoms with van der Waals surface area (Å²) in [6.07, 6.45) is 0. The van der Waals surface area contributed by atoms with E-state index in [2.05, 4.69) is 0 Å². The van der Waals surface area contributed by atoms with Gasteiger partial charge in [0, 0.05) is 24.2 Å². The van der Waals surface area contributed by atoms with Crippen molar-refractivity contribution in [1.29, 1.82) is 0 Å². The summed E-state index contributed by atoms with van der Waals surface area (Å²) in [5.74, 6) is 2.96. The van der Waals surface area contributed by atoms with E-state index >= 15 is 0 Å². The van der Waals surface area contributed by atoms with Gasteiger partial charge in [0.2, 0.25) is 0 Å². The van der Waals surface area contributed by atoms with Gasteiger partial charge in [0.25, 0.3) is 0 Å². The van der Waals surface area contributed by atoms with E-state index < -0.39 is 0 Å². The van der Waals surface area contributed by atoms with Crippen molar-refractivity contribution in [2.45, 2.75) is 0 Å². The van der Waals surface area contributed by atoms with Crippen LogP contribution in [0, 0.1) is 0 Å². The van der Waals surface area contributed by atoms with Gasteiger partial charge >= 0.3 is 0 Å². The van der Waals surface area contributed by atoms with Gasteiger partial charge in [-0.15, -0.1) is 0 Å². The molecule has 7 nitrogen and oxygen atoms in total. The van der Waals surface area contributed by atoms with Gasteiger partial charge in [0.15, 0.2) is 11.5 Å². The monoisotopic (exact) mass is 446 g/mol. The van der Waals surface area contributed by atoms with E-state index in [9.17, 15) is 5.11 Å². The highest BCUT2D eigenvalue weighted by atomic mass is 16.5. The van der Waals surface area contributed by atoms with Crippen LogP contribution in [0.5, 0.6) is 28.7 Å². The second-order valence-corrected chi connectivity index (χ2v) is 7.37. The fourth-order valence-electron chi connectivity index (χ4n) is 3.80. The quantitative estimate of drug-likeness (QED) is 0.423. The van der Waals surface area contributed by atoms with Crippen LogP contribution in [0.25, 0.3) is 33.9 Å². The molecule has 0 amide bonds. The minimum atomic E-state index is -0.00559. The molecule has 0 unspecified atom stereocenters. The Morgan fingerprint density at radius 3 is 1.76 bits per heavy atom. The largest absolute Gasteiger partial charge is 0.504 e. The van der Waals surface area contributed by atoms with Gasteiger partial charge in [0.05, 0.1) is 45.4 Å². The van der Waals surface area contributed by atoms with E-state index in [4.69, 9.17) is 23.9 Å². The van der Waals surface area contributed by atoms with Gasteiger partial charge in [-0.2, -0.15) is 0 Å². The fourth-order valence-corrected chi connectivity index (χ4v) is 3.80. The summed E-state index contributed by atoms with van der Waals surface area (Å²) in [6, 6.07) is 18.9. The van der Waals surface area contributed by atoms with Crippen molar-refractivity contribution < 1.29 is 24.1 Å². The minimum absolute atomic E-state index is 0.00559. The van der Waals surface area contributed by atoms with E-state index in [1.54, 1.807) is 33.5 Å². The highest BCUT2D eigenvalue weighted by Gasteiger charge is 2.23. The lowest BCUT2D eigenvalue weighted by molar-refractivity contribution is 0.365. The first-order chi connectivity index (χ1) is 16.0. The molecule has 4 rings (SSSR count). The Morgan fingerprint density at radius 2 is 1.24 bits per heavy atom. The number of methoxy groups -OCH3 is 4. The first-order valence-electron chi connectivity index (χ1n) is 10.3. The zero-order chi connectivity index (χ0) is 23.5. The molecule has 1 N–H and O–H groups in total. The predicted molar refractivity (Wildman–Crippen MR) is 127 cm³/mol. The van der Waals surface area contributed by atoms with Crippen LogP contribution in [0.2, 0.25) is 0 Å². The van der Waals surface area contributed by atoms with Crippen molar-refractivity contribution in [3.63, 3.8) is 0 Å². The molecule has 0 spiro atoms. The van der Waals surface area contributed by atoms with Gasteiger partial charge in [-0.05, 0) is 54.6 Å². The molecule has 0 radical (unpaired) electrons. The molecule has 170 valence electrons. The average Bonchev–Trinajstić information content (AvgIpc) is 3.21. The van der Waals surface area contributed by atoms with E-state index in [1.165, 1.54) is 7.11 Å². The maximum Gasteiger partial charge on any atom is 0.169 e. The predicted octanol–water partition coefficient (Wildman–Crippen LogP) is 5.16. The van der Waals surface area contributed by atoms with Crippen LogP contribution in [-0.2, 0) is 7.05 Å². The van der Waals surface area contributed by atoms with Crippen LogP contribution in [0.4, 0.5) is 0 Å². The van der Waals surface area contributed by atoms with E-state index in [0.717, 1.165) is 34.0 Å². The van der Waals surface area contributed by atoms with Crippen molar-refractivity contribution in [3.8, 4) is 62.7 Å². The fraction of sp³-hybridized carbons (Fsp3) is 0.192. The maximum atomic E-state index is 10.9. The van der Waals surface area contributed by atoms with Gasteiger partial charge in [-0.3, -0.25) is 0 Å². The van der Waals surface area contributed by atoms with Crippen molar-refractivity contribution >= 4 is 0 Å². The SMILES string of the molecule is COc1ccc(-c2nc(-c3cc(OC)cc(OC)c3O)n(C)c2-c2ccc(OC)cc2)cc1. The number of nitrogens with zero attached hydrogens (tertiary/aromatic N) is 2. The second kappa shape index (κ2) is 9.16. The Bertz CT molecular complexity index is 1260. The highest BCUT2D eigenvalue weighted by molar-refractivity contribution is 5.84. The van der Waals surface area contributed by atoms with Gasteiger partial charge < -0.3 is 28.6 Å². The van der Waals surface area contributed by atoms with Crippen LogP contribution in [0.1, 0.15) is 0 Å². The Morgan fingerprint density at radius 1 is 0.697 bits per heavy atom. The Hall–Kier alpha value is -4.13. The molecule has 4 aromatic rings. The van der Waals surface area contributed by atoms with Crippen molar-refractivity contribution in [2.24, 2.45) is 7.05 Å². The molecule has 7 heteroatoms. The number of rotatable bonds is 7. The average molecular weight is 447 g/mol. The summed E-state index contributed by atoms with van der Waals surface area (Å²) in [7, 11) is 8.26. The zero-order valence-electron chi connectivity index (χ0n) is 19.2. The molecule has 0 saturated carbocycles. The minimum Gasteiger partial charge on any atom is -0.504 e. The summed E-state index contributed by atoms with van der Waals surface area (Å²) in [5, 5.41) is 10.9. The van der Waals surface area contributed by atoms with Gasteiger partial charge in [0.1, 0.15) is 23.1 Å². The normalized spacial score (nSPS) is 10.7. The molecule has 0 atom stereocenters. The standard InChI is InChI=1S/C26H26N2O5/c1-28-24(17-8-12-19(31-3)13-9-17)23(16-6-10-18(30-2)11-7-16)27-26(28)21-14-20(32-4)15-22(33-5)25(21)29/h6-15,29H,1-5H3. The first-order valence-corrected chi connectivity index (χ1v) is 10.3.